The van der Waals surface area contributed by atoms with E-state index in [4.69, 9.17) is 24.5 Å². The van der Waals surface area contributed by atoms with Crippen LogP contribution in [0.1, 0.15) is 12.2 Å². The van der Waals surface area contributed by atoms with E-state index in [9.17, 15) is 9.18 Å². The molecule has 1 fully saturated rings. The average molecular weight is 510 g/mol. The number of halogens is 1. The second-order valence-corrected chi connectivity index (χ2v) is 8.33. The van der Waals surface area contributed by atoms with Crippen LogP contribution in [0.5, 0.6) is 0 Å². The molecule has 0 atom stereocenters. The third-order valence-electron chi connectivity index (χ3n) is 5.63. The predicted molar refractivity (Wildman–Crippen MR) is 131 cm³/mol. The number of ether oxygens (including phenoxy) is 3. The van der Waals surface area contributed by atoms with Crippen LogP contribution in [0.3, 0.4) is 0 Å². The average Bonchev–Trinajstić information content (AvgIpc) is 3.34. The Balaban J connectivity index is 1.51. The van der Waals surface area contributed by atoms with Gasteiger partial charge in [-0.15, -0.1) is 0 Å². The van der Waals surface area contributed by atoms with E-state index >= 15 is 0 Å². The van der Waals surface area contributed by atoms with E-state index in [0.717, 1.165) is 6.42 Å². The van der Waals surface area contributed by atoms with Gasteiger partial charge in [-0.25, -0.2) is 19.3 Å². The zero-order valence-electron chi connectivity index (χ0n) is 20.4. The van der Waals surface area contributed by atoms with Gasteiger partial charge in [-0.05, 0) is 36.8 Å². The molecular weight excluding hydrogens is 481 g/mol. The summed E-state index contributed by atoms with van der Waals surface area (Å²) in [5.41, 5.74) is 2.57. The van der Waals surface area contributed by atoms with Crippen molar-refractivity contribution in [3.8, 4) is 28.7 Å². The maximum Gasteiger partial charge on any atom is 0.228 e. The highest BCUT2D eigenvalue weighted by molar-refractivity contribution is 5.79. The van der Waals surface area contributed by atoms with Gasteiger partial charge < -0.3 is 29.8 Å². The van der Waals surface area contributed by atoms with Crippen LogP contribution in [0.25, 0.3) is 22.6 Å². The molecule has 12 heteroatoms. The summed E-state index contributed by atoms with van der Waals surface area (Å²) in [7, 11) is 1.65. The van der Waals surface area contributed by atoms with Crippen molar-refractivity contribution in [1.82, 2.24) is 25.3 Å². The van der Waals surface area contributed by atoms with Gasteiger partial charge in [0.15, 0.2) is 6.29 Å². The van der Waals surface area contributed by atoms with E-state index in [2.05, 4.69) is 25.6 Å². The van der Waals surface area contributed by atoms with Gasteiger partial charge in [-0.3, -0.25) is 4.79 Å². The summed E-state index contributed by atoms with van der Waals surface area (Å²) in [6, 6.07) is 9.70. The first-order valence-electron chi connectivity index (χ1n) is 11.9. The number of imidazole rings is 1. The monoisotopic (exact) mass is 509 g/mol. The minimum Gasteiger partial charge on any atom is -0.385 e. The largest absolute Gasteiger partial charge is 0.385 e. The molecule has 3 aromatic rings. The minimum absolute atomic E-state index is 0.0620. The van der Waals surface area contributed by atoms with Crippen LogP contribution < -0.4 is 10.6 Å². The number of aromatic nitrogens is 4. The van der Waals surface area contributed by atoms with Crippen LogP contribution in [0.2, 0.25) is 0 Å². The van der Waals surface area contributed by atoms with Crippen molar-refractivity contribution in [2.45, 2.75) is 19.1 Å². The highest BCUT2D eigenvalue weighted by Gasteiger charge is 2.28. The molecule has 2 aromatic heterocycles. The number of nitrogens with zero attached hydrogens (tertiary/aromatic N) is 4. The number of hydrogen-bond acceptors (Lipinski definition) is 9. The summed E-state index contributed by atoms with van der Waals surface area (Å²) in [5, 5.41) is 14.3. The number of carbonyl (C=O) groups is 1. The maximum absolute atomic E-state index is 13.6. The summed E-state index contributed by atoms with van der Waals surface area (Å²) in [4.78, 5) is 29.0. The molecule has 1 aliphatic rings. The van der Waals surface area contributed by atoms with Gasteiger partial charge in [-0.2, -0.15) is 5.26 Å². The van der Waals surface area contributed by atoms with Crippen LogP contribution in [-0.2, 0) is 25.4 Å². The Labute approximate surface area is 213 Å². The molecule has 0 unspecified atom stereocenters. The second kappa shape index (κ2) is 12.9. The topological polar surface area (TPSA) is 147 Å². The van der Waals surface area contributed by atoms with Crippen molar-refractivity contribution in [2.75, 3.05) is 45.3 Å². The van der Waals surface area contributed by atoms with Crippen LogP contribution >= 0.6 is 0 Å². The third-order valence-corrected chi connectivity index (χ3v) is 5.63. The van der Waals surface area contributed by atoms with Crippen LogP contribution in [0.15, 0.2) is 36.5 Å². The lowest BCUT2D eigenvalue weighted by Crippen LogP contribution is -2.42. The Morgan fingerprint density at radius 2 is 2.03 bits per heavy atom. The molecule has 0 aliphatic carbocycles. The molecule has 0 saturated carbocycles. The standard InChI is InChI=1S/C25H28FN7O4/c1-35-12-2-9-29-25-30-10-7-19(31-25)23-22(16-3-5-18(26)6-4-16)32-20(33-23)13-21-36-14-17(15-37-21)24(34)28-11-8-27/h3-7,10,17,21H,2,9,11-15H2,1H3,(H,28,34)(H,32,33)(H,29,30,31). The van der Waals surface area contributed by atoms with Crippen molar-refractivity contribution < 1.29 is 23.4 Å². The molecule has 1 amide bonds. The number of nitriles is 1. The van der Waals surface area contributed by atoms with Crippen LogP contribution in [0.4, 0.5) is 10.3 Å². The fraction of sp³-hybridized carbons (Fsp3) is 0.400. The molecular formula is C25H28FN7O4. The molecule has 3 N–H and O–H groups in total. The van der Waals surface area contributed by atoms with E-state index in [1.54, 1.807) is 31.5 Å². The van der Waals surface area contributed by atoms with Gasteiger partial charge in [0.25, 0.3) is 0 Å². The van der Waals surface area contributed by atoms with Crippen LogP contribution in [-0.4, -0.2) is 72.2 Å². The predicted octanol–water partition coefficient (Wildman–Crippen LogP) is 2.29. The SMILES string of the molecule is COCCCNc1nccc(-c2[nH]c(CC3OCC(C(=O)NCC#N)CO3)nc2-c2ccc(F)cc2)n1. The molecule has 11 nitrogen and oxygen atoms in total. The molecule has 1 saturated heterocycles. The lowest BCUT2D eigenvalue weighted by Gasteiger charge is -2.28. The lowest BCUT2D eigenvalue weighted by atomic mass is 10.1. The summed E-state index contributed by atoms with van der Waals surface area (Å²) in [5.74, 6) is -0.0611. The van der Waals surface area contributed by atoms with E-state index in [1.165, 1.54) is 12.1 Å². The maximum atomic E-state index is 13.6. The van der Waals surface area contributed by atoms with E-state index < -0.39 is 12.2 Å². The first-order chi connectivity index (χ1) is 18.1. The number of hydrogen-bond donors (Lipinski definition) is 3. The number of amides is 1. The number of rotatable bonds is 11. The zero-order valence-corrected chi connectivity index (χ0v) is 20.4. The first-order valence-corrected chi connectivity index (χ1v) is 11.9. The number of aromatic amines is 1. The zero-order chi connectivity index (χ0) is 26.0. The number of carbonyl (C=O) groups excluding carboxylic acids is 1. The van der Waals surface area contributed by atoms with Gasteiger partial charge in [-0.1, -0.05) is 0 Å². The van der Waals surface area contributed by atoms with E-state index in [0.29, 0.717) is 54.0 Å². The van der Waals surface area contributed by atoms with Gasteiger partial charge in [0, 0.05) is 32.0 Å². The fourth-order valence-electron chi connectivity index (χ4n) is 3.76. The normalized spacial score (nSPS) is 17.2. The molecule has 37 heavy (non-hydrogen) atoms. The van der Waals surface area contributed by atoms with Gasteiger partial charge in [0.05, 0.1) is 48.7 Å². The smallest absolute Gasteiger partial charge is 0.228 e. The summed E-state index contributed by atoms with van der Waals surface area (Å²) >= 11 is 0. The van der Waals surface area contributed by atoms with Gasteiger partial charge >= 0.3 is 0 Å². The minimum atomic E-state index is -0.608. The van der Waals surface area contributed by atoms with Crippen molar-refractivity contribution in [2.24, 2.45) is 5.92 Å². The fourth-order valence-corrected chi connectivity index (χ4v) is 3.76. The van der Waals surface area contributed by atoms with E-state index in [1.807, 2.05) is 6.07 Å². The molecule has 1 aromatic carbocycles. The molecule has 4 rings (SSSR count). The van der Waals surface area contributed by atoms with E-state index in [-0.39, 0.29) is 31.5 Å². The number of benzene rings is 1. The number of anilines is 1. The number of methoxy groups -OCH3 is 1. The Bertz CT molecular complexity index is 1220. The molecule has 3 heterocycles. The second-order valence-electron chi connectivity index (χ2n) is 8.33. The van der Waals surface area contributed by atoms with Crippen molar-refractivity contribution in [1.29, 1.82) is 5.26 Å². The van der Waals surface area contributed by atoms with Crippen molar-refractivity contribution in [3.05, 3.63) is 48.2 Å². The number of nitrogens with one attached hydrogen (secondary N) is 3. The van der Waals surface area contributed by atoms with Crippen molar-refractivity contribution >= 4 is 11.9 Å². The highest BCUT2D eigenvalue weighted by atomic mass is 19.1. The summed E-state index contributed by atoms with van der Waals surface area (Å²) in [6.45, 7) is 1.56. The number of H-pyrrole nitrogens is 1. The molecule has 0 spiro atoms. The Hall–Kier alpha value is -3.92. The molecule has 194 valence electrons. The van der Waals surface area contributed by atoms with Crippen LogP contribution in [0, 0.1) is 23.1 Å². The lowest BCUT2D eigenvalue weighted by molar-refractivity contribution is -0.200. The Morgan fingerprint density at radius 1 is 1.24 bits per heavy atom. The van der Waals surface area contributed by atoms with Gasteiger partial charge in [0.2, 0.25) is 11.9 Å². The molecule has 0 radical (unpaired) electrons. The quantitative estimate of drug-likeness (QED) is 0.262. The van der Waals surface area contributed by atoms with Crippen molar-refractivity contribution in [3.63, 3.8) is 0 Å². The van der Waals surface area contributed by atoms with Gasteiger partial charge in [0.1, 0.15) is 18.2 Å². The highest BCUT2D eigenvalue weighted by Crippen LogP contribution is 2.30. The molecule has 0 bridgehead atoms. The summed E-state index contributed by atoms with van der Waals surface area (Å²) in [6.07, 6.45) is 2.15. The Morgan fingerprint density at radius 3 is 2.76 bits per heavy atom. The molecule has 1 aliphatic heterocycles. The summed E-state index contributed by atoms with van der Waals surface area (Å²) < 4.78 is 30.1. The first kappa shape index (κ1) is 26.2. The Kier molecular flexibility index (Phi) is 9.09. The third kappa shape index (κ3) is 7.07.